The maximum Gasteiger partial charge on any atom is 0.275 e. The number of amides is 1. The Labute approximate surface area is 180 Å². The van der Waals surface area contributed by atoms with E-state index >= 15 is 0 Å². The van der Waals surface area contributed by atoms with E-state index < -0.39 is 0 Å². The first-order valence-corrected chi connectivity index (χ1v) is 10.5. The number of anilines is 1. The second-order valence-corrected chi connectivity index (χ2v) is 8.33. The van der Waals surface area contributed by atoms with Crippen LogP contribution in [0.5, 0.6) is 5.75 Å². The molecule has 2 aromatic carbocycles. The lowest BCUT2D eigenvalue weighted by Gasteiger charge is -2.34. The highest BCUT2D eigenvalue weighted by molar-refractivity contribution is 6.30. The number of ether oxygens (including phenoxy) is 1. The molecular weight excluding hydrogens is 400 g/mol. The molecule has 3 heterocycles. The first kappa shape index (κ1) is 19.0. The molecule has 0 bridgehead atoms. The van der Waals surface area contributed by atoms with Crippen LogP contribution in [-0.2, 0) is 13.0 Å². The molecule has 2 aliphatic heterocycles. The number of benzene rings is 2. The van der Waals surface area contributed by atoms with Gasteiger partial charge in [0.25, 0.3) is 5.91 Å². The molecule has 1 atom stereocenters. The molecule has 0 saturated heterocycles. The van der Waals surface area contributed by atoms with Crippen LogP contribution in [0.2, 0.25) is 5.02 Å². The Kier molecular flexibility index (Phi) is 4.87. The highest BCUT2D eigenvalue weighted by Crippen LogP contribution is 2.31. The predicted octanol–water partition coefficient (Wildman–Crippen LogP) is 3.48. The summed E-state index contributed by atoms with van der Waals surface area (Å²) in [5.74, 6) is 0.840. The minimum Gasteiger partial charge on any atom is -0.489 e. The Bertz CT molecular complexity index is 1100. The molecule has 1 amide bonds. The Morgan fingerprint density at radius 2 is 2.07 bits per heavy atom. The lowest BCUT2D eigenvalue weighted by Crippen LogP contribution is -2.51. The van der Waals surface area contributed by atoms with Crippen LogP contribution in [0.15, 0.2) is 54.7 Å². The summed E-state index contributed by atoms with van der Waals surface area (Å²) in [6.45, 7) is 2.46. The zero-order valence-electron chi connectivity index (χ0n) is 16.8. The van der Waals surface area contributed by atoms with E-state index in [-0.39, 0.29) is 11.9 Å². The van der Waals surface area contributed by atoms with Crippen molar-refractivity contribution in [3.05, 3.63) is 76.6 Å². The standard InChI is InChI=1S/C23H23ClN4O2/c1-26-14-19(15-30-21-8-3-2-7-20(21)26)28-10-9-17-13-27(25-22(17)23(28)29)12-16-5-4-6-18(24)11-16/h2-8,11,13,19H,9-10,12,14-15H2,1H3/t19-/m0/s1. The quantitative estimate of drug-likeness (QED) is 0.648. The van der Waals surface area contributed by atoms with E-state index in [9.17, 15) is 4.79 Å². The molecule has 2 aliphatic rings. The van der Waals surface area contributed by atoms with Gasteiger partial charge in [-0.2, -0.15) is 5.10 Å². The zero-order valence-corrected chi connectivity index (χ0v) is 17.5. The summed E-state index contributed by atoms with van der Waals surface area (Å²) < 4.78 is 7.88. The molecule has 0 N–H and O–H groups in total. The van der Waals surface area contributed by atoms with Crippen LogP contribution >= 0.6 is 11.6 Å². The number of carbonyl (C=O) groups excluding carboxylic acids is 1. The van der Waals surface area contributed by atoms with Crippen molar-refractivity contribution in [2.45, 2.75) is 19.0 Å². The van der Waals surface area contributed by atoms with Gasteiger partial charge in [-0.3, -0.25) is 9.48 Å². The highest BCUT2D eigenvalue weighted by atomic mass is 35.5. The predicted molar refractivity (Wildman–Crippen MR) is 117 cm³/mol. The van der Waals surface area contributed by atoms with Gasteiger partial charge >= 0.3 is 0 Å². The molecule has 5 rings (SSSR count). The van der Waals surface area contributed by atoms with E-state index in [2.05, 4.69) is 10.00 Å². The number of fused-ring (bicyclic) bond motifs is 2. The normalized spacial score (nSPS) is 18.5. The molecule has 0 saturated carbocycles. The van der Waals surface area contributed by atoms with Crippen LogP contribution in [0, 0.1) is 0 Å². The largest absolute Gasteiger partial charge is 0.489 e. The maximum atomic E-state index is 13.3. The number of rotatable bonds is 3. The molecule has 30 heavy (non-hydrogen) atoms. The molecule has 0 radical (unpaired) electrons. The number of para-hydroxylation sites is 2. The third kappa shape index (κ3) is 3.52. The second kappa shape index (κ2) is 7.69. The monoisotopic (exact) mass is 422 g/mol. The summed E-state index contributed by atoms with van der Waals surface area (Å²) in [4.78, 5) is 17.4. The minimum atomic E-state index is -0.0267. The van der Waals surface area contributed by atoms with Crippen LogP contribution < -0.4 is 9.64 Å². The minimum absolute atomic E-state index is 0.0194. The number of hydrogen-bond acceptors (Lipinski definition) is 4. The van der Waals surface area contributed by atoms with E-state index in [1.165, 1.54) is 0 Å². The van der Waals surface area contributed by atoms with E-state index in [1.807, 2.05) is 71.4 Å². The number of halogens is 1. The smallest absolute Gasteiger partial charge is 0.275 e. The molecule has 1 aromatic heterocycles. The first-order valence-electron chi connectivity index (χ1n) is 10.1. The maximum absolute atomic E-state index is 13.3. The topological polar surface area (TPSA) is 50.6 Å². The molecule has 0 unspecified atom stereocenters. The summed E-state index contributed by atoms with van der Waals surface area (Å²) in [6.07, 6.45) is 2.78. The van der Waals surface area contributed by atoms with E-state index in [1.54, 1.807) is 0 Å². The first-order chi connectivity index (χ1) is 14.6. The van der Waals surface area contributed by atoms with Gasteiger partial charge < -0.3 is 14.5 Å². The highest BCUT2D eigenvalue weighted by Gasteiger charge is 2.35. The van der Waals surface area contributed by atoms with Crippen LogP contribution in [0.3, 0.4) is 0 Å². The molecule has 0 aliphatic carbocycles. The van der Waals surface area contributed by atoms with Gasteiger partial charge in [0.2, 0.25) is 0 Å². The lowest BCUT2D eigenvalue weighted by atomic mass is 10.0. The molecule has 7 heteroatoms. The third-order valence-electron chi connectivity index (χ3n) is 5.79. The van der Waals surface area contributed by atoms with Crippen LogP contribution in [0.25, 0.3) is 0 Å². The van der Waals surface area contributed by atoms with Crippen molar-refractivity contribution in [2.75, 3.05) is 31.6 Å². The third-order valence-corrected chi connectivity index (χ3v) is 6.02. The van der Waals surface area contributed by atoms with Crippen molar-refractivity contribution in [3.63, 3.8) is 0 Å². The fourth-order valence-corrected chi connectivity index (χ4v) is 4.51. The van der Waals surface area contributed by atoms with Gasteiger partial charge in [-0.15, -0.1) is 0 Å². The Balaban J connectivity index is 1.35. The van der Waals surface area contributed by atoms with Crippen LogP contribution in [-0.4, -0.2) is 53.4 Å². The van der Waals surface area contributed by atoms with Gasteiger partial charge in [0.15, 0.2) is 5.69 Å². The summed E-state index contributed by atoms with van der Waals surface area (Å²) in [6, 6.07) is 15.7. The van der Waals surface area contributed by atoms with Crippen LogP contribution in [0.1, 0.15) is 21.6 Å². The average molecular weight is 423 g/mol. The number of hydrogen-bond donors (Lipinski definition) is 0. The lowest BCUT2D eigenvalue weighted by molar-refractivity contribution is 0.0604. The molecule has 0 spiro atoms. The number of likely N-dealkylation sites (N-methyl/N-ethyl adjacent to an activating group) is 1. The summed E-state index contributed by atoms with van der Waals surface area (Å²) in [5, 5.41) is 5.31. The van der Waals surface area contributed by atoms with Gasteiger partial charge in [-0.05, 0) is 36.2 Å². The van der Waals surface area contributed by atoms with E-state index in [0.717, 1.165) is 35.5 Å². The van der Waals surface area contributed by atoms with Crippen molar-refractivity contribution < 1.29 is 9.53 Å². The molecule has 6 nitrogen and oxygen atoms in total. The van der Waals surface area contributed by atoms with Gasteiger partial charge in [-0.25, -0.2) is 0 Å². The fraction of sp³-hybridized carbons (Fsp3) is 0.304. The number of carbonyl (C=O) groups is 1. The number of aromatic nitrogens is 2. The zero-order chi connectivity index (χ0) is 20.7. The summed E-state index contributed by atoms with van der Waals surface area (Å²) in [7, 11) is 2.04. The van der Waals surface area contributed by atoms with Crippen molar-refractivity contribution in [1.82, 2.24) is 14.7 Å². The average Bonchev–Trinajstić information content (AvgIpc) is 3.07. The molecule has 154 valence electrons. The van der Waals surface area contributed by atoms with Gasteiger partial charge in [0.1, 0.15) is 12.4 Å². The van der Waals surface area contributed by atoms with Crippen molar-refractivity contribution in [2.24, 2.45) is 0 Å². The Morgan fingerprint density at radius 3 is 2.93 bits per heavy atom. The van der Waals surface area contributed by atoms with Crippen LogP contribution in [0.4, 0.5) is 5.69 Å². The Morgan fingerprint density at radius 1 is 1.20 bits per heavy atom. The SMILES string of the molecule is CN1C[C@H](N2CCc3cn(Cc4cccc(Cl)c4)nc3C2=O)COc2ccccc21. The summed E-state index contributed by atoms with van der Waals surface area (Å²) in [5.41, 5.74) is 3.66. The van der Waals surface area contributed by atoms with Crippen molar-refractivity contribution in [3.8, 4) is 5.75 Å². The van der Waals surface area contributed by atoms with Crippen molar-refractivity contribution in [1.29, 1.82) is 0 Å². The fourth-order valence-electron chi connectivity index (χ4n) is 4.29. The summed E-state index contributed by atoms with van der Waals surface area (Å²) >= 11 is 6.09. The van der Waals surface area contributed by atoms with E-state index in [0.29, 0.717) is 30.4 Å². The van der Waals surface area contributed by atoms with Gasteiger partial charge in [0, 0.05) is 36.9 Å². The second-order valence-electron chi connectivity index (χ2n) is 7.89. The van der Waals surface area contributed by atoms with Crippen molar-refractivity contribution >= 4 is 23.2 Å². The van der Waals surface area contributed by atoms with E-state index in [4.69, 9.17) is 16.3 Å². The Hall–Kier alpha value is -2.99. The van der Waals surface area contributed by atoms with Gasteiger partial charge in [-0.1, -0.05) is 35.9 Å². The molecular formula is C23H23ClN4O2. The number of nitrogens with zero attached hydrogens (tertiary/aromatic N) is 4. The molecule has 3 aromatic rings. The molecule has 0 fully saturated rings. The van der Waals surface area contributed by atoms with Gasteiger partial charge in [0.05, 0.1) is 18.3 Å².